The van der Waals surface area contributed by atoms with Crippen LogP contribution in [0.4, 0.5) is 0 Å². The second-order valence-corrected chi connectivity index (χ2v) is 6.40. The van der Waals surface area contributed by atoms with Crippen LogP contribution in [-0.4, -0.2) is 38.0 Å². The number of rotatable bonds is 4. The van der Waals surface area contributed by atoms with E-state index in [9.17, 15) is 0 Å². The van der Waals surface area contributed by atoms with Gasteiger partial charge < -0.3 is 14.8 Å². The highest BCUT2D eigenvalue weighted by Crippen LogP contribution is 2.43. The van der Waals surface area contributed by atoms with Crippen molar-refractivity contribution >= 4 is 0 Å². The molecular formula is C15H27NO2. The van der Waals surface area contributed by atoms with Gasteiger partial charge in [0.1, 0.15) is 0 Å². The van der Waals surface area contributed by atoms with Crippen LogP contribution in [0.15, 0.2) is 0 Å². The van der Waals surface area contributed by atoms with Crippen molar-refractivity contribution in [2.75, 3.05) is 26.3 Å². The normalized spacial score (nSPS) is 32.3. The molecule has 0 aromatic rings. The predicted octanol–water partition coefficient (Wildman–Crippen LogP) is 2.49. The minimum absolute atomic E-state index is 0.267. The molecule has 1 aliphatic carbocycles. The number of piperidine rings is 1. The molecule has 3 fully saturated rings. The van der Waals surface area contributed by atoms with E-state index in [0.717, 1.165) is 32.2 Å². The van der Waals surface area contributed by atoms with Gasteiger partial charge >= 0.3 is 0 Å². The first kappa shape index (κ1) is 12.9. The number of nitrogens with one attached hydrogen (secondary N) is 1. The Morgan fingerprint density at radius 2 is 1.78 bits per heavy atom. The molecule has 3 aliphatic rings. The quantitative estimate of drug-likeness (QED) is 0.835. The van der Waals surface area contributed by atoms with Gasteiger partial charge in [-0.05, 0) is 57.5 Å². The van der Waals surface area contributed by atoms with E-state index in [-0.39, 0.29) is 5.60 Å². The molecule has 1 unspecified atom stereocenters. The van der Waals surface area contributed by atoms with Crippen molar-refractivity contribution in [1.29, 1.82) is 0 Å². The van der Waals surface area contributed by atoms with E-state index in [1.807, 2.05) is 0 Å². The van der Waals surface area contributed by atoms with Crippen molar-refractivity contribution in [1.82, 2.24) is 5.32 Å². The Labute approximate surface area is 111 Å². The molecule has 1 atom stereocenters. The third-order valence-electron chi connectivity index (χ3n) is 4.97. The van der Waals surface area contributed by atoms with Gasteiger partial charge in [-0.1, -0.05) is 12.8 Å². The van der Waals surface area contributed by atoms with Crippen LogP contribution in [0.5, 0.6) is 0 Å². The Morgan fingerprint density at radius 3 is 2.56 bits per heavy atom. The van der Waals surface area contributed by atoms with E-state index in [0.29, 0.717) is 6.10 Å². The highest BCUT2D eigenvalue weighted by Gasteiger charge is 2.42. The first-order chi connectivity index (χ1) is 8.86. The van der Waals surface area contributed by atoms with E-state index >= 15 is 0 Å². The van der Waals surface area contributed by atoms with Gasteiger partial charge in [-0.25, -0.2) is 0 Å². The van der Waals surface area contributed by atoms with Crippen LogP contribution in [0, 0.1) is 5.92 Å². The van der Waals surface area contributed by atoms with Gasteiger partial charge in [0.2, 0.25) is 0 Å². The summed E-state index contributed by atoms with van der Waals surface area (Å²) in [4.78, 5) is 0. The fourth-order valence-corrected chi connectivity index (χ4v) is 3.81. The summed E-state index contributed by atoms with van der Waals surface area (Å²) in [5.74, 6) is 0.771. The molecule has 104 valence electrons. The van der Waals surface area contributed by atoms with E-state index in [2.05, 4.69) is 5.32 Å². The highest BCUT2D eigenvalue weighted by atomic mass is 16.6. The second kappa shape index (κ2) is 5.89. The predicted molar refractivity (Wildman–Crippen MR) is 71.7 cm³/mol. The molecule has 2 aliphatic heterocycles. The highest BCUT2D eigenvalue weighted by molar-refractivity contribution is 4.92. The van der Waals surface area contributed by atoms with Crippen molar-refractivity contribution in [3.8, 4) is 0 Å². The van der Waals surface area contributed by atoms with E-state index in [4.69, 9.17) is 9.47 Å². The zero-order chi connectivity index (χ0) is 12.3. The van der Waals surface area contributed by atoms with Crippen molar-refractivity contribution < 1.29 is 9.47 Å². The third kappa shape index (κ3) is 3.06. The molecule has 3 nitrogen and oxygen atoms in total. The Kier molecular flexibility index (Phi) is 4.22. The topological polar surface area (TPSA) is 30.5 Å². The summed E-state index contributed by atoms with van der Waals surface area (Å²) in [6.07, 6.45) is 10.7. The molecule has 18 heavy (non-hydrogen) atoms. The zero-order valence-electron chi connectivity index (χ0n) is 11.5. The van der Waals surface area contributed by atoms with Crippen molar-refractivity contribution in [2.24, 2.45) is 5.92 Å². The van der Waals surface area contributed by atoms with Crippen LogP contribution in [0.1, 0.15) is 51.4 Å². The van der Waals surface area contributed by atoms with Crippen LogP contribution in [0.2, 0.25) is 0 Å². The van der Waals surface area contributed by atoms with Crippen LogP contribution in [0.3, 0.4) is 0 Å². The average molecular weight is 253 g/mol. The maximum atomic E-state index is 6.26. The lowest BCUT2D eigenvalue weighted by molar-refractivity contribution is -0.0723. The monoisotopic (exact) mass is 253 g/mol. The maximum absolute atomic E-state index is 6.26. The first-order valence-corrected chi connectivity index (χ1v) is 7.83. The zero-order valence-corrected chi connectivity index (χ0v) is 11.5. The van der Waals surface area contributed by atoms with Gasteiger partial charge in [-0.3, -0.25) is 0 Å². The summed E-state index contributed by atoms with van der Waals surface area (Å²) >= 11 is 0. The summed E-state index contributed by atoms with van der Waals surface area (Å²) in [7, 11) is 0. The summed E-state index contributed by atoms with van der Waals surface area (Å²) in [6, 6.07) is 0. The average Bonchev–Trinajstić information content (AvgIpc) is 3.02. The van der Waals surface area contributed by atoms with Crippen LogP contribution < -0.4 is 5.32 Å². The van der Waals surface area contributed by atoms with E-state index in [1.54, 1.807) is 0 Å². The summed E-state index contributed by atoms with van der Waals surface area (Å²) < 4.78 is 12.2. The van der Waals surface area contributed by atoms with E-state index < -0.39 is 0 Å². The molecule has 2 saturated heterocycles. The molecule has 0 radical (unpaired) electrons. The molecule has 0 bridgehead atoms. The summed E-state index contributed by atoms with van der Waals surface area (Å²) in [6.45, 7) is 4.09. The van der Waals surface area contributed by atoms with Crippen molar-refractivity contribution in [3.63, 3.8) is 0 Å². The smallest absolute Gasteiger partial charge is 0.0817 e. The maximum Gasteiger partial charge on any atom is 0.0817 e. The first-order valence-electron chi connectivity index (χ1n) is 7.83. The van der Waals surface area contributed by atoms with Gasteiger partial charge in [0, 0.05) is 6.61 Å². The largest absolute Gasteiger partial charge is 0.378 e. The van der Waals surface area contributed by atoms with Crippen LogP contribution in [-0.2, 0) is 9.47 Å². The third-order valence-corrected chi connectivity index (χ3v) is 4.97. The second-order valence-electron chi connectivity index (χ2n) is 6.40. The molecule has 3 heteroatoms. The van der Waals surface area contributed by atoms with Gasteiger partial charge in [0.25, 0.3) is 0 Å². The van der Waals surface area contributed by atoms with Crippen LogP contribution in [0.25, 0.3) is 0 Å². The standard InChI is InChI=1S/C15H27NO2/c1-2-7-15(6-1)8-3-14(18-15)12-17-11-13-4-9-16-10-5-13/h13-14,16H,1-12H2. The summed E-state index contributed by atoms with van der Waals surface area (Å²) in [5, 5.41) is 3.40. The fourth-order valence-electron chi connectivity index (χ4n) is 3.81. The molecule has 0 amide bonds. The number of hydrogen-bond acceptors (Lipinski definition) is 3. The van der Waals surface area contributed by atoms with Crippen molar-refractivity contribution in [2.45, 2.75) is 63.1 Å². The van der Waals surface area contributed by atoms with Gasteiger partial charge in [0.05, 0.1) is 18.3 Å². The Bertz CT molecular complexity index is 257. The fraction of sp³-hybridized carbons (Fsp3) is 1.00. The Balaban J connectivity index is 1.34. The Hall–Kier alpha value is -0.120. The molecule has 1 saturated carbocycles. The SMILES string of the molecule is C1CCC2(C1)CCC(COCC1CCNCC1)O2. The molecular weight excluding hydrogens is 226 g/mol. The lowest BCUT2D eigenvalue weighted by atomic mass is 9.98. The molecule has 1 spiro atoms. The molecule has 0 aromatic carbocycles. The van der Waals surface area contributed by atoms with E-state index in [1.165, 1.54) is 51.4 Å². The molecule has 3 rings (SSSR count). The number of ether oxygens (including phenoxy) is 2. The minimum Gasteiger partial charge on any atom is -0.378 e. The van der Waals surface area contributed by atoms with Gasteiger partial charge in [-0.2, -0.15) is 0 Å². The molecule has 0 aromatic heterocycles. The number of hydrogen-bond donors (Lipinski definition) is 1. The lowest BCUT2D eigenvalue weighted by Crippen LogP contribution is -2.31. The minimum atomic E-state index is 0.267. The van der Waals surface area contributed by atoms with Gasteiger partial charge in [-0.15, -0.1) is 0 Å². The molecule has 2 heterocycles. The van der Waals surface area contributed by atoms with Crippen molar-refractivity contribution in [3.05, 3.63) is 0 Å². The molecule has 1 N–H and O–H groups in total. The lowest BCUT2D eigenvalue weighted by Gasteiger charge is -2.25. The Morgan fingerprint density at radius 1 is 1.00 bits per heavy atom. The van der Waals surface area contributed by atoms with Crippen LogP contribution >= 0.6 is 0 Å². The van der Waals surface area contributed by atoms with Gasteiger partial charge in [0.15, 0.2) is 0 Å². The summed E-state index contributed by atoms with van der Waals surface area (Å²) in [5.41, 5.74) is 0.267.